The number of halogens is 1. The molecular formula is C17H20ClNO. The fourth-order valence-electron chi connectivity index (χ4n) is 2.20. The van der Waals surface area contributed by atoms with Gasteiger partial charge in [-0.15, -0.1) is 0 Å². The number of aryl methyl sites for hydroxylation is 2. The average molecular weight is 290 g/mol. The summed E-state index contributed by atoms with van der Waals surface area (Å²) in [6, 6.07) is 13.7. The Morgan fingerprint density at radius 3 is 2.40 bits per heavy atom. The number of nitrogens with two attached hydrogens (primary N) is 1. The van der Waals surface area contributed by atoms with Gasteiger partial charge in [0.05, 0.1) is 0 Å². The monoisotopic (exact) mass is 289 g/mol. The van der Waals surface area contributed by atoms with Gasteiger partial charge in [-0.1, -0.05) is 41.9 Å². The van der Waals surface area contributed by atoms with Crippen molar-refractivity contribution in [2.24, 2.45) is 5.73 Å². The van der Waals surface area contributed by atoms with E-state index in [1.54, 1.807) is 0 Å². The third-order valence-electron chi connectivity index (χ3n) is 3.38. The molecule has 0 heterocycles. The van der Waals surface area contributed by atoms with Gasteiger partial charge in [-0.05, 0) is 49.6 Å². The molecule has 0 amide bonds. The fraction of sp³-hybridized carbons (Fsp3) is 0.294. The van der Waals surface area contributed by atoms with Gasteiger partial charge >= 0.3 is 0 Å². The second-order valence-corrected chi connectivity index (χ2v) is 5.60. The Labute approximate surface area is 125 Å². The molecule has 0 saturated carbocycles. The van der Waals surface area contributed by atoms with Crippen molar-refractivity contribution in [1.29, 1.82) is 0 Å². The van der Waals surface area contributed by atoms with Gasteiger partial charge in [-0.2, -0.15) is 0 Å². The van der Waals surface area contributed by atoms with E-state index >= 15 is 0 Å². The lowest BCUT2D eigenvalue weighted by Gasteiger charge is -2.25. The van der Waals surface area contributed by atoms with E-state index in [1.165, 1.54) is 5.56 Å². The minimum atomic E-state index is -0.187. The summed E-state index contributed by atoms with van der Waals surface area (Å²) in [5.41, 5.74) is 9.45. The maximum atomic E-state index is 6.14. The first-order valence-electron chi connectivity index (χ1n) is 6.73. The maximum Gasteiger partial charge on any atom is 0.139 e. The van der Waals surface area contributed by atoms with Gasteiger partial charge in [0.2, 0.25) is 0 Å². The van der Waals surface area contributed by atoms with E-state index in [4.69, 9.17) is 22.1 Å². The van der Waals surface area contributed by atoms with E-state index in [0.29, 0.717) is 5.02 Å². The van der Waals surface area contributed by atoms with Crippen molar-refractivity contribution in [3.63, 3.8) is 0 Å². The van der Waals surface area contributed by atoms with Crippen LogP contribution >= 0.6 is 11.6 Å². The molecule has 2 rings (SSSR count). The molecule has 2 atom stereocenters. The van der Waals surface area contributed by atoms with Gasteiger partial charge in [0.1, 0.15) is 11.9 Å². The van der Waals surface area contributed by atoms with E-state index in [9.17, 15) is 0 Å². The van der Waals surface area contributed by atoms with Crippen LogP contribution in [0.2, 0.25) is 5.02 Å². The Balaban J connectivity index is 2.36. The van der Waals surface area contributed by atoms with Crippen molar-refractivity contribution in [3.8, 4) is 5.75 Å². The lowest BCUT2D eigenvalue weighted by Crippen LogP contribution is -2.29. The van der Waals surface area contributed by atoms with Crippen LogP contribution in [0.25, 0.3) is 0 Å². The smallest absolute Gasteiger partial charge is 0.139 e. The van der Waals surface area contributed by atoms with E-state index in [1.807, 2.05) is 44.2 Å². The molecule has 2 N–H and O–H groups in total. The van der Waals surface area contributed by atoms with Crippen LogP contribution < -0.4 is 10.5 Å². The van der Waals surface area contributed by atoms with Gasteiger partial charge < -0.3 is 10.5 Å². The van der Waals surface area contributed by atoms with Crippen molar-refractivity contribution >= 4 is 11.6 Å². The summed E-state index contributed by atoms with van der Waals surface area (Å²) < 4.78 is 6.14. The van der Waals surface area contributed by atoms with Crippen molar-refractivity contribution in [2.75, 3.05) is 0 Å². The van der Waals surface area contributed by atoms with Gasteiger partial charge in [-0.25, -0.2) is 0 Å². The predicted octanol–water partition coefficient (Wildman–Crippen LogP) is 4.42. The molecule has 0 radical (unpaired) electrons. The Morgan fingerprint density at radius 1 is 1.05 bits per heavy atom. The minimum Gasteiger partial charge on any atom is -0.484 e. The van der Waals surface area contributed by atoms with E-state index in [2.05, 4.69) is 19.1 Å². The molecular weight excluding hydrogens is 270 g/mol. The zero-order valence-corrected chi connectivity index (χ0v) is 12.8. The maximum absolute atomic E-state index is 6.14. The van der Waals surface area contributed by atoms with Gasteiger partial charge in [0.25, 0.3) is 0 Å². The van der Waals surface area contributed by atoms with Crippen LogP contribution in [0, 0.1) is 13.8 Å². The second-order valence-electron chi connectivity index (χ2n) is 5.16. The Bertz CT molecular complexity index is 595. The van der Waals surface area contributed by atoms with Crippen molar-refractivity contribution in [1.82, 2.24) is 0 Å². The topological polar surface area (TPSA) is 35.2 Å². The average Bonchev–Trinajstić information content (AvgIpc) is 2.40. The van der Waals surface area contributed by atoms with Crippen molar-refractivity contribution in [2.45, 2.75) is 32.9 Å². The first-order valence-corrected chi connectivity index (χ1v) is 7.10. The summed E-state index contributed by atoms with van der Waals surface area (Å²) in [6.07, 6.45) is -0.187. The van der Waals surface area contributed by atoms with Crippen molar-refractivity contribution in [3.05, 3.63) is 64.2 Å². The molecule has 20 heavy (non-hydrogen) atoms. The van der Waals surface area contributed by atoms with Crippen LogP contribution in [-0.2, 0) is 0 Å². The summed E-state index contributed by atoms with van der Waals surface area (Å²) in [7, 11) is 0. The van der Waals surface area contributed by atoms with Crippen molar-refractivity contribution < 1.29 is 4.74 Å². The number of ether oxygens (including phenoxy) is 1. The summed E-state index contributed by atoms with van der Waals surface area (Å²) in [6.45, 7) is 6.03. The summed E-state index contributed by atoms with van der Waals surface area (Å²) >= 11 is 6.05. The van der Waals surface area contributed by atoms with Crippen LogP contribution in [0.4, 0.5) is 0 Å². The summed E-state index contributed by atoms with van der Waals surface area (Å²) in [4.78, 5) is 0. The predicted molar refractivity (Wildman–Crippen MR) is 84.4 cm³/mol. The molecule has 106 valence electrons. The summed E-state index contributed by atoms with van der Waals surface area (Å²) in [5, 5.41) is 0.666. The highest BCUT2D eigenvalue weighted by atomic mass is 35.5. The van der Waals surface area contributed by atoms with E-state index < -0.39 is 0 Å². The van der Waals surface area contributed by atoms with Crippen LogP contribution in [-0.4, -0.2) is 6.04 Å². The molecule has 2 aromatic carbocycles. The van der Waals surface area contributed by atoms with Crippen LogP contribution in [0.15, 0.2) is 42.5 Å². The second kappa shape index (κ2) is 6.29. The molecule has 0 aromatic heterocycles. The molecule has 0 aliphatic heterocycles. The molecule has 2 aromatic rings. The molecule has 0 spiro atoms. The van der Waals surface area contributed by atoms with Gasteiger partial charge in [0.15, 0.2) is 0 Å². The SMILES string of the molecule is Cc1ccc(Cl)cc1OC(c1ccccc1C)C(C)N. The number of hydrogen-bond acceptors (Lipinski definition) is 2. The molecule has 0 aliphatic carbocycles. The highest BCUT2D eigenvalue weighted by Gasteiger charge is 2.20. The third-order valence-corrected chi connectivity index (χ3v) is 3.61. The lowest BCUT2D eigenvalue weighted by atomic mass is 9.99. The first-order chi connectivity index (χ1) is 9.49. The molecule has 0 fully saturated rings. The van der Waals surface area contributed by atoms with Crippen LogP contribution in [0.5, 0.6) is 5.75 Å². The molecule has 0 aliphatic rings. The van der Waals surface area contributed by atoms with Crippen LogP contribution in [0.1, 0.15) is 29.7 Å². The molecule has 0 bridgehead atoms. The molecule has 2 unspecified atom stereocenters. The number of rotatable bonds is 4. The third kappa shape index (κ3) is 3.33. The van der Waals surface area contributed by atoms with E-state index in [0.717, 1.165) is 16.9 Å². The Hall–Kier alpha value is -1.51. The quantitative estimate of drug-likeness (QED) is 0.904. The van der Waals surface area contributed by atoms with Gasteiger partial charge in [-0.3, -0.25) is 0 Å². The normalized spacial score (nSPS) is 13.8. The fourth-order valence-corrected chi connectivity index (χ4v) is 2.36. The lowest BCUT2D eigenvalue weighted by molar-refractivity contribution is 0.178. The minimum absolute atomic E-state index is 0.116. The number of benzene rings is 2. The molecule has 0 saturated heterocycles. The Morgan fingerprint density at radius 2 is 1.75 bits per heavy atom. The molecule has 2 nitrogen and oxygen atoms in total. The van der Waals surface area contributed by atoms with Crippen LogP contribution in [0.3, 0.4) is 0 Å². The zero-order valence-electron chi connectivity index (χ0n) is 12.1. The zero-order chi connectivity index (χ0) is 14.7. The standard InChI is InChI=1S/C17H20ClNO/c1-11-6-4-5-7-15(11)17(13(3)19)20-16-10-14(18)9-8-12(16)2/h4-10,13,17H,19H2,1-3H3. The summed E-state index contributed by atoms with van der Waals surface area (Å²) in [5.74, 6) is 0.781. The highest BCUT2D eigenvalue weighted by Crippen LogP contribution is 2.30. The number of hydrogen-bond donors (Lipinski definition) is 1. The van der Waals surface area contributed by atoms with E-state index in [-0.39, 0.29) is 12.1 Å². The highest BCUT2D eigenvalue weighted by molar-refractivity contribution is 6.30. The first kappa shape index (κ1) is 14.9. The Kier molecular flexibility index (Phi) is 4.69. The molecule has 3 heteroatoms. The largest absolute Gasteiger partial charge is 0.484 e. The van der Waals surface area contributed by atoms with Gasteiger partial charge in [0, 0.05) is 11.1 Å².